The maximum absolute atomic E-state index is 14.3. The monoisotopic (exact) mass is 673 g/mol. The summed E-state index contributed by atoms with van der Waals surface area (Å²) in [6.07, 6.45) is 17.3. The standard InChI is InChI=1S/C38H60NO7P/c1-3-5-7-9-11-13-15-17-25-31-38(41)43-36(32-37(39)40)35(30-24-16-14-12-10-8-6-4-2)46-47(42,44-33-26-20-18-21-27-33)45-34-28-22-19-23-29-34/h18-23,26-29,35-36H,3-17,24-25,30-32H2,1-2H3,(H2,39,40)/t35-,36?/m1/s1. The van der Waals surface area contributed by atoms with Gasteiger partial charge in [0, 0.05) is 6.42 Å². The quantitative estimate of drug-likeness (QED) is 0.0519. The maximum Gasteiger partial charge on any atom is 0.587 e. The van der Waals surface area contributed by atoms with E-state index in [4.69, 9.17) is 24.0 Å². The van der Waals surface area contributed by atoms with Crippen LogP contribution in [0.25, 0.3) is 0 Å². The van der Waals surface area contributed by atoms with Crippen LogP contribution >= 0.6 is 7.82 Å². The molecule has 2 aromatic carbocycles. The van der Waals surface area contributed by atoms with Crippen molar-refractivity contribution in [2.75, 3.05) is 0 Å². The number of hydrogen-bond acceptors (Lipinski definition) is 7. The van der Waals surface area contributed by atoms with Gasteiger partial charge in [0.25, 0.3) is 0 Å². The average Bonchev–Trinajstić information content (AvgIpc) is 3.05. The van der Waals surface area contributed by atoms with Crippen LogP contribution in [0.5, 0.6) is 11.5 Å². The molecule has 0 aliphatic rings. The highest BCUT2D eigenvalue weighted by atomic mass is 31.2. The number of carbonyl (C=O) groups excluding carboxylic acids is 2. The molecule has 0 saturated heterocycles. The number of esters is 1. The Morgan fingerprint density at radius 1 is 0.617 bits per heavy atom. The summed E-state index contributed by atoms with van der Waals surface area (Å²) >= 11 is 0. The topological polar surface area (TPSA) is 114 Å². The van der Waals surface area contributed by atoms with Crippen molar-refractivity contribution in [1.29, 1.82) is 0 Å². The minimum atomic E-state index is -4.32. The zero-order valence-corrected chi connectivity index (χ0v) is 29.8. The molecule has 1 amide bonds. The SMILES string of the molecule is CCCCCCCCCCCC(=O)OC(CC(N)=O)[C@@H](CCCCCCCCCC)OP(=O)(Oc1ccccc1)Oc1ccccc1. The van der Waals surface area contributed by atoms with Crippen molar-refractivity contribution in [2.45, 2.75) is 154 Å². The number of rotatable bonds is 29. The van der Waals surface area contributed by atoms with Gasteiger partial charge >= 0.3 is 13.8 Å². The van der Waals surface area contributed by atoms with E-state index >= 15 is 0 Å². The fourth-order valence-corrected chi connectivity index (χ4v) is 6.95. The number of unbranched alkanes of at least 4 members (excludes halogenated alkanes) is 15. The molecule has 2 N–H and O–H groups in total. The van der Waals surface area contributed by atoms with Gasteiger partial charge in [0.2, 0.25) is 5.91 Å². The molecule has 1 unspecified atom stereocenters. The number of nitrogens with two attached hydrogens (primary N) is 1. The van der Waals surface area contributed by atoms with Gasteiger partial charge in [-0.1, -0.05) is 153 Å². The van der Waals surface area contributed by atoms with Crippen LogP contribution in [0, 0.1) is 0 Å². The molecule has 264 valence electrons. The second kappa shape index (κ2) is 25.2. The molecular weight excluding hydrogens is 613 g/mol. The molecule has 0 heterocycles. The fourth-order valence-electron chi connectivity index (χ4n) is 5.49. The number of phosphoric ester groups is 1. The summed E-state index contributed by atoms with van der Waals surface area (Å²) in [7, 11) is -4.32. The van der Waals surface area contributed by atoms with E-state index in [1.54, 1.807) is 48.5 Å². The number of para-hydroxylation sites is 2. The largest absolute Gasteiger partial charge is 0.587 e. The third-order valence-corrected chi connectivity index (χ3v) is 9.51. The lowest BCUT2D eigenvalue weighted by atomic mass is 10.0. The van der Waals surface area contributed by atoms with Crippen molar-refractivity contribution in [3.63, 3.8) is 0 Å². The van der Waals surface area contributed by atoms with Gasteiger partial charge < -0.3 is 19.5 Å². The zero-order valence-electron chi connectivity index (χ0n) is 29.0. The summed E-state index contributed by atoms with van der Waals surface area (Å²) in [6, 6.07) is 17.3. The molecule has 0 bridgehead atoms. The van der Waals surface area contributed by atoms with Gasteiger partial charge in [-0.25, -0.2) is 4.57 Å². The lowest BCUT2D eigenvalue weighted by molar-refractivity contribution is -0.156. The van der Waals surface area contributed by atoms with Crippen LogP contribution in [0.2, 0.25) is 0 Å². The van der Waals surface area contributed by atoms with Crippen LogP contribution in [0.3, 0.4) is 0 Å². The average molecular weight is 674 g/mol. The number of hydrogen-bond donors (Lipinski definition) is 1. The summed E-state index contributed by atoms with van der Waals surface area (Å²) in [5, 5.41) is 0. The Bertz CT molecular complexity index is 1090. The third-order valence-electron chi connectivity index (χ3n) is 8.11. The predicted octanol–water partition coefficient (Wildman–Crippen LogP) is 10.9. The number of ether oxygens (including phenoxy) is 1. The molecule has 2 rings (SSSR count). The van der Waals surface area contributed by atoms with Gasteiger partial charge in [-0.05, 0) is 37.1 Å². The van der Waals surface area contributed by atoms with Gasteiger partial charge in [-0.15, -0.1) is 0 Å². The minimum absolute atomic E-state index is 0.230. The highest BCUT2D eigenvalue weighted by Crippen LogP contribution is 2.51. The lowest BCUT2D eigenvalue weighted by Crippen LogP contribution is -2.37. The smallest absolute Gasteiger partial charge is 0.459 e. The fraction of sp³-hybridized carbons (Fsp3) is 0.632. The number of benzene rings is 2. The first kappa shape index (κ1) is 40.3. The van der Waals surface area contributed by atoms with E-state index in [-0.39, 0.29) is 12.8 Å². The van der Waals surface area contributed by atoms with E-state index in [1.165, 1.54) is 57.8 Å². The van der Waals surface area contributed by atoms with Crippen LogP contribution < -0.4 is 14.8 Å². The molecule has 8 nitrogen and oxygen atoms in total. The van der Waals surface area contributed by atoms with Crippen molar-refractivity contribution >= 4 is 19.7 Å². The predicted molar refractivity (Wildman–Crippen MR) is 189 cm³/mol. The van der Waals surface area contributed by atoms with Gasteiger partial charge in [0.15, 0.2) is 0 Å². The first-order valence-electron chi connectivity index (χ1n) is 18.1. The molecule has 47 heavy (non-hydrogen) atoms. The van der Waals surface area contributed by atoms with Crippen LogP contribution in [-0.4, -0.2) is 24.1 Å². The number of carbonyl (C=O) groups is 2. The maximum atomic E-state index is 14.3. The van der Waals surface area contributed by atoms with Gasteiger partial charge in [-0.3, -0.25) is 14.1 Å². The van der Waals surface area contributed by atoms with Crippen molar-refractivity contribution in [1.82, 2.24) is 0 Å². The van der Waals surface area contributed by atoms with E-state index in [2.05, 4.69) is 13.8 Å². The Morgan fingerprint density at radius 3 is 1.49 bits per heavy atom. The van der Waals surface area contributed by atoms with E-state index in [0.717, 1.165) is 44.9 Å². The Kier molecular flexibility index (Phi) is 21.7. The molecule has 0 fully saturated rings. The first-order chi connectivity index (χ1) is 22.8. The lowest BCUT2D eigenvalue weighted by Gasteiger charge is -2.29. The van der Waals surface area contributed by atoms with Crippen molar-refractivity contribution < 1.29 is 32.5 Å². The Hall–Kier alpha value is -2.83. The molecule has 0 saturated carbocycles. The molecule has 2 aromatic rings. The Balaban J connectivity index is 2.13. The molecule has 0 radical (unpaired) electrons. The van der Waals surface area contributed by atoms with Crippen molar-refractivity contribution in [2.24, 2.45) is 5.73 Å². The molecule has 0 spiro atoms. The van der Waals surface area contributed by atoms with Gasteiger partial charge in [0.1, 0.15) is 23.7 Å². The molecule has 2 atom stereocenters. The number of amides is 1. The summed E-state index contributed by atoms with van der Waals surface area (Å²) in [5.74, 6) is -0.470. The highest BCUT2D eigenvalue weighted by molar-refractivity contribution is 7.49. The van der Waals surface area contributed by atoms with Gasteiger partial charge in [-0.2, -0.15) is 0 Å². The van der Waals surface area contributed by atoms with Crippen LogP contribution in [0.15, 0.2) is 60.7 Å². The Labute approximate surface area is 284 Å². The summed E-state index contributed by atoms with van der Waals surface area (Å²) in [4.78, 5) is 25.2. The van der Waals surface area contributed by atoms with E-state index in [1.807, 2.05) is 12.1 Å². The van der Waals surface area contributed by atoms with Crippen molar-refractivity contribution in [3.05, 3.63) is 60.7 Å². The molecule has 9 heteroatoms. The molecule has 0 aliphatic heterocycles. The highest BCUT2D eigenvalue weighted by Gasteiger charge is 2.39. The normalized spacial score (nSPS) is 12.7. The second-order valence-corrected chi connectivity index (χ2v) is 13.9. The third kappa shape index (κ3) is 19.6. The van der Waals surface area contributed by atoms with Crippen molar-refractivity contribution in [3.8, 4) is 11.5 Å². The van der Waals surface area contributed by atoms with E-state index in [9.17, 15) is 14.2 Å². The van der Waals surface area contributed by atoms with Crippen LogP contribution in [-0.2, 0) is 23.4 Å². The molecule has 0 aliphatic carbocycles. The molecule has 0 aromatic heterocycles. The Morgan fingerprint density at radius 2 is 1.04 bits per heavy atom. The zero-order chi connectivity index (χ0) is 34.0. The van der Waals surface area contributed by atoms with Gasteiger partial charge in [0.05, 0.1) is 6.42 Å². The number of phosphoric acid groups is 1. The summed E-state index contributed by atoms with van der Waals surface area (Å²) < 4.78 is 38.1. The van der Waals surface area contributed by atoms with Crippen LogP contribution in [0.4, 0.5) is 0 Å². The summed E-state index contributed by atoms with van der Waals surface area (Å²) in [5.41, 5.74) is 5.63. The number of primary amides is 1. The second-order valence-electron chi connectivity index (χ2n) is 12.4. The minimum Gasteiger partial charge on any atom is -0.459 e. The van der Waals surface area contributed by atoms with E-state index in [0.29, 0.717) is 24.3 Å². The van der Waals surface area contributed by atoms with Crippen LogP contribution in [0.1, 0.15) is 142 Å². The molecular formula is C38H60NO7P. The first-order valence-corrected chi connectivity index (χ1v) is 19.6. The van der Waals surface area contributed by atoms with E-state index < -0.39 is 31.9 Å². The summed E-state index contributed by atoms with van der Waals surface area (Å²) in [6.45, 7) is 4.42.